The van der Waals surface area contributed by atoms with Crippen molar-refractivity contribution >= 4 is 37.8 Å². The van der Waals surface area contributed by atoms with Crippen molar-refractivity contribution in [3.63, 3.8) is 0 Å². The Morgan fingerprint density at radius 3 is 2.55 bits per heavy atom. The summed E-state index contributed by atoms with van der Waals surface area (Å²) in [6.07, 6.45) is 0.226. The SMILES string of the molecule is O=C(O)C(Cc1cccc(F)c1Br)c1cccc(Br)c1. The number of hydrogen-bond acceptors (Lipinski definition) is 1. The van der Waals surface area contributed by atoms with Gasteiger partial charge in [-0.3, -0.25) is 4.79 Å². The van der Waals surface area contributed by atoms with Gasteiger partial charge in [-0.15, -0.1) is 0 Å². The maximum Gasteiger partial charge on any atom is 0.311 e. The van der Waals surface area contributed by atoms with E-state index in [1.54, 1.807) is 30.3 Å². The highest BCUT2D eigenvalue weighted by Gasteiger charge is 2.22. The topological polar surface area (TPSA) is 37.3 Å². The first-order valence-corrected chi connectivity index (χ1v) is 7.49. The van der Waals surface area contributed by atoms with Crippen molar-refractivity contribution in [2.75, 3.05) is 0 Å². The van der Waals surface area contributed by atoms with Gasteiger partial charge in [-0.05, 0) is 51.7 Å². The minimum absolute atomic E-state index is 0.226. The molecule has 0 bridgehead atoms. The molecule has 0 heterocycles. The minimum Gasteiger partial charge on any atom is -0.481 e. The van der Waals surface area contributed by atoms with Crippen LogP contribution in [0.3, 0.4) is 0 Å². The van der Waals surface area contributed by atoms with Crippen molar-refractivity contribution in [3.8, 4) is 0 Å². The van der Waals surface area contributed by atoms with E-state index in [-0.39, 0.29) is 12.2 Å². The predicted octanol–water partition coefficient (Wildman–Crippen LogP) is 4.76. The van der Waals surface area contributed by atoms with Gasteiger partial charge in [0.25, 0.3) is 0 Å². The van der Waals surface area contributed by atoms with Crippen LogP contribution in [0.1, 0.15) is 17.0 Å². The zero-order chi connectivity index (χ0) is 14.7. The molecule has 2 aromatic carbocycles. The Morgan fingerprint density at radius 1 is 1.20 bits per heavy atom. The molecule has 2 rings (SSSR count). The van der Waals surface area contributed by atoms with Crippen molar-refractivity contribution in [1.82, 2.24) is 0 Å². The van der Waals surface area contributed by atoms with Gasteiger partial charge in [0.2, 0.25) is 0 Å². The lowest BCUT2D eigenvalue weighted by Crippen LogP contribution is -2.15. The first-order valence-electron chi connectivity index (χ1n) is 5.90. The lowest BCUT2D eigenvalue weighted by Gasteiger charge is -2.14. The third-order valence-electron chi connectivity index (χ3n) is 3.00. The highest BCUT2D eigenvalue weighted by atomic mass is 79.9. The average molecular weight is 402 g/mol. The Kier molecular flexibility index (Phi) is 4.94. The second-order valence-corrected chi connectivity index (χ2v) is 6.07. The van der Waals surface area contributed by atoms with Gasteiger partial charge in [-0.2, -0.15) is 0 Å². The summed E-state index contributed by atoms with van der Waals surface area (Å²) in [5, 5.41) is 9.41. The molecule has 2 aromatic rings. The Hall–Kier alpha value is -1.20. The van der Waals surface area contributed by atoms with Gasteiger partial charge >= 0.3 is 5.97 Å². The van der Waals surface area contributed by atoms with E-state index in [4.69, 9.17) is 0 Å². The Bertz CT molecular complexity index is 644. The van der Waals surface area contributed by atoms with Gasteiger partial charge in [-0.1, -0.05) is 40.2 Å². The lowest BCUT2D eigenvalue weighted by atomic mass is 9.92. The number of aliphatic carboxylic acids is 1. The standard InChI is InChI=1S/C15H11Br2FO2/c16-11-5-1-3-9(7-11)12(15(19)20)8-10-4-2-6-13(18)14(10)17/h1-7,12H,8H2,(H,19,20). The summed E-state index contributed by atoms with van der Waals surface area (Å²) in [5.41, 5.74) is 1.32. The van der Waals surface area contributed by atoms with E-state index < -0.39 is 11.9 Å². The van der Waals surface area contributed by atoms with E-state index in [2.05, 4.69) is 31.9 Å². The van der Waals surface area contributed by atoms with Crippen LogP contribution in [-0.4, -0.2) is 11.1 Å². The van der Waals surface area contributed by atoms with E-state index >= 15 is 0 Å². The summed E-state index contributed by atoms with van der Waals surface area (Å²) >= 11 is 6.50. The number of carbonyl (C=O) groups is 1. The number of rotatable bonds is 4. The number of carboxylic acids is 1. The van der Waals surface area contributed by atoms with E-state index in [1.807, 2.05) is 6.07 Å². The zero-order valence-corrected chi connectivity index (χ0v) is 13.5. The number of carboxylic acid groups (broad SMARTS) is 1. The van der Waals surface area contributed by atoms with Crippen LogP contribution in [0.15, 0.2) is 51.4 Å². The van der Waals surface area contributed by atoms with Gasteiger partial charge in [0.05, 0.1) is 10.4 Å². The van der Waals surface area contributed by atoms with Gasteiger partial charge in [-0.25, -0.2) is 4.39 Å². The Labute approximate surface area is 132 Å². The van der Waals surface area contributed by atoms with Crippen molar-refractivity contribution < 1.29 is 14.3 Å². The highest BCUT2D eigenvalue weighted by molar-refractivity contribution is 9.10. The second-order valence-electron chi connectivity index (χ2n) is 4.36. The molecule has 1 atom stereocenters. The number of hydrogen-bond donors (Lipinski definition) is 1. The van der Waals surface area contributed by atoms with E-state index in [0.29, 0.717) is 15.6 Å². The molecule has 0 amide bonds. The molecule has 0 aliphatic carbocycles. The molecule has 5 heteroatoms. The zero-order valence-electron chi connectivity index (χ0n) is 10.3. The van der Waals surface area contributed by atoms with E-state index in [0.717, 1.165) is 4.47 Å². The van der Waals surface area contributed by atoms with Crippen molar-refractivity contribution in [2.45, 2.75) is 12.3 Å². The molecule has 0 spiro atoms. The molecule has 0 saturated heterocycles. The predicted molar refractivity (Wildman–Crippen MR) is 82.3 cm³/mol. The summed E-state index contributed by atoms with van der Waals surface area (Å²) < 4.78 is 14.6. The first-order chi connectivity index (χ1) is 9.49. The normalized spacial score (nSPS) is 12.2. The summed E-state index contributed by atoms with van der Waals surface area (Å²) in [6.45, 7) is 0. The van der Waals surface area contributed by atoms with Gasteiger partial charge in [0.1, 0.15) is 5.82 Å². The van der Waals surface area contributed by atoms with Crippen LogP contribution in [-0.2, 0) is 11.2 Å². The van der Waals surface area contributed by atoms with Gasteiger partial charge < -0.3 is 5.11 Å². The van der Waals surface area contributed by atoms with Crippen LogP contribution in [0, 0.1) is 5.82 Å². The Morgan fingerprint density at radius 2 is 1.90 bits per heavy atom. The molecule has 0 aliphatic heterocycles. The molecular weight excluding hydrogens is 391 g/mol. The number of benzene rings is 2. The third-order valence-corrected chi connectivity index (χ3v) is 4.39. The third kappa shape index (κ3) is 3.46. The fourth-order valence-corrected chi connectivity index (χ4v) is 2.84. The molecule has 104 valence electrons. The molecule has 0 aliphatic rings. The molecule has 1 unspecified atom stereocenters. The molecule has 0 fully saturated rings. The van der Waals surface area contributed by atoms with Gasteiger partial charge in [0, 0.05) is 4.47 Å². The summed E-state index contributed by atoms with van der Waals surface area (Å²) in [7, 11) is 0. The largest absolute Gasteiger partial charge is 0.481 e. The van der Waals surface area contributed by atoms with Crippen LogP contribution in [0.2, 0.25) is 0 Å². The minimum atomic E-state index is -0.931. The summed E-state index contributed by atoms with van der Waals surface area (Å²) in [4.78, 5) is 11.5. The van der Waals surface area contributed by atoms with E-state index in [1.165, 1.54) is 6.07 Å². The second kappa shape index (κ2) is 6.50. The maximum atomic E-state index is 13.5. The first kappa shape index (κ1) is 15.2. The Balaban J connectivity index is 2.36. The van der Waals surface area contributed by atoms with Crippen LogP contribution < -0.4 is 0 Å². The van der Waals surface area contributed by atoms with Crippen molar-refractivity contribution in [1.29, 1.82) is 0 Å². The molecule has 0 radical (unpaired) electrons. The molecule has 1 N–H and O–H groups in total. The smallest absolute Gasteiger partial charge is 0.311 e. The van der Waals surface area contributed by atoms with Crippen LogP contribution >= 0.6 is 31.9 Å². The molecule has 0 saturated carbocycles. The fourth-order valence-electron chi connectivity index (χ4n) is 2.00. The quantitative estimate of drug-likeness (QED) is 0.801. The monoisotopic (exact) mass is 400 g/mol. The number of halogens is 3. The average Bonchev–Trinajstić information content (AvgIpc) is 2.40. The molecule has 2 nitrogen and oxygen atoms in total. The van der Waals surface area contributed by atoms with E-state index in [9.17, 15) is 14.3 Å². The van der Waals surface area contributed by atoms with Crippen molar-refractivity contribution in [2.24, 2.45) is 0 Å². The maximum absolute atomic E-state index is 13.5. The molecule has 0 aromatic heterocycles. The fraction of sp³-hybridized carbons (Fsp3) is 0.133. The summed E-state index contributed by atoms with van der Waals surface area (Å²) in [5.74, 6) is -2.04. The van der Waals surface area contributed by atoms with Crippen LogP contribution in [0.25, 0.3) is 0 Å². The van der Waals surface area contributed by atoms with Gasteiger partial charge in [0.15, 0.2) is 0 Å². The molecular formula is C15H11Br2FO2. The summed E-state index contributed by atoms with van der Waals surface area (Å²) in [6, 6.07) is 11.8. The van der Waals surface area contributed by atoms with Crippen LogP contribution in [0.5, 0.6) is 0 Å². The highest BCUT2D eigenvalue weighted by Crippen LogP contribution is 2.28. The van der Waals surface area contributed by atoms with Crippen molar-refractivity contribution in [3.05, 3.63) is 68.4 Å². The lowest BCUT2D eigenvalue weighted by molar-refractivity contribution is -0.138. The van der Waals surface area contributed by atoms with Crippen LogP contribution in [0.4, 0.5) is 4.39 Å². The molecule has 20 heavy (non-hydrogen) atoms.